The molecule has 0 saturated heterocycles. The fourth-order valence-corrected chi connectivity index (χ4v) is 2.33. The van der Waals surface area contributed by atoms with E-state index in [0.717, 1.165) is 21.9 Å². The van der Waals surface area contributed by atoms with Crippen LogP contribution in [0.5, 0.6) is 0 Å². The Labute approximate surface area is 129 Å². The number of carboxylic acid groups (broad SMARTS) is 1. The van der Waals surface area contributed by atoms with Crippen molar-refractivity contribution < 1.29 is 14.7 Å². The van der Waals surface area contributed by atoms with Crippen molar-refractivity contribution in [2.24, 2.45) is 0 Å². The van der Waals surface area contributed by atoms with E-state index in [1.807, 2.05) is 42.5 Å². The highest BCUT2D eigenvalue weighted by molar-refractivity contribution is 5.87. The largest absolute Gasteiger partial charge is 0.480 e. The smallest absolute Gasteiger partial charge is 0.326 e. The normalized spacial score (nSPS) is 11.9. The number of benzene rings is 2. The molecule has 1 atom stereocenters. The van der Waals surface area contributed by atoms with Crippen molar-refractivity contribution in [2.45, 2.75) is 25.8 Å². The zero-order valence-corrected chi connectivity index (χ0v) is 12.5. The van der Waals surface area contributed by atoms with Crippen LogP contribution in [0.15, 0.2) is 54.6 Å². The SMILES string of the molecule is C=C(C)C[C@@H](NC(=O)Cc1ccc2ccccc2c1)C(=O)O. The van der Waals surface area contributed by atoms with E-state index in [-0.39, 0.29) is 18.7 Å². The van der Waals surface area contributed by atoms with Crippen LogP contribution >= 0.6 is 0 Å². The molecule has 0 aliphatic heterocycles. The molecule has 22 heavy (non-hydrogen) atoms. The number of nitrogens with one attached hydrogen (secondary N) is 1. The lowest BCUT2D eigenvalue weighted by Gasteiger charge is -2.14. The number of aliphatic carboxylic acids is 1. The Morgan fingerprint density at radius 2 is 1.86 bits per heavy atom. The summed E-state index contributed by atoms with van der Waals surface area (Å²) in [7, 11) is 0. The maximum atomic E-state index is 12.0. The molecular weight excluding hydrogens is 278 g/mol. The Morgan fingerprint density at radius 1 is 1.18 bits per heavy atom. The maximum absolute atomic E-state index is 12.0. The summed E-state index contributed by atoms with van der Waals surface area (Å²) in [4.78, 5) is 23.2. The Hall–Kier alpha value is -2.62. The van der Waals surface area contributed by atoms with E-state index in [2.05, 4.69) is 11.9 Å². The topological polar surface area (TPSA) is 66.4 Å². The van der Waals surface area contributed by atoms with Crippen molar-refractivity contribution in [3.63, 3.8) is 0 Å². The molecule has 0 fully saturated rings. The zero-order chi connectivity index (χ0) is 16.1. The summed E-state index contributed by atoms with van der Waals surface area (Å²) in [5.74, 6) is -1.35. The number of amides is 1. The van der Waals surface area contributed by atoms with Crippen LogP contribution in [0.4, 0.5) is 0 Å². The standard InChI is InChI=1S/C18H19NO3/c1-12(2)9-16(18(21)22)19-17(20)11-13-7-8-14-5-3-4-6-15(14)10-13/h3-8,10,16H,1,9,11H2,2H3,(H,19,20)(H,21,22)/t16-/m1/s1. The fourth-order valence-electron chi connectivity index (χ4n) is 2.33. The van der Waals surface area contributed by atoms with E-state index in [4.69, 9.17) is 5.11 Å². The molecule has 0 aromatic heterocycles. The van der Waals surface area contributed by atoms with Gasteiger partial charge in [0, 0.05) is 0 Å². The zero-order valence-electron chi connectivity index (χ0n) is 12.5. The maximum Gasteiger partial charge on any atom is 0.326 e. The van der Waals surface area contributed by atoms with E-state index in [1.165, 1.54) is 0 Å². The molecule has 2 aromatic carbocycles. The van der Waals surface area contributed by atoms with Gasteiger partial charge in [-0.2, -0.15) is 0 Å². The number of rotatable bonds is 6. The summed E-state index contributed by atoms with van der Waals surface area (Å²) in [5.41, 5.74) is 1.58. The van der Waals surface area contributed by atoms with Crippen LogP contribution in [0, 0.1) is 0 Å². The van der Waals surface area contributed by atoms with E-state index in [0.29, 0.717) is 0 Å². The number of fused-ring (bicyclic) bond motifs is 1. The van der Waals surface area contributed by atoms with E-state index in [1.54, 1.807) is 6.92 Å². The van der Waals surface area contributed by atoms with Gasteiger partial charge in [0.2, 0.25) is 5.91 Å². The average Bonchev–Trinajstić information content (AvgIpc) is 2.45. The van der Waals surface area contributed by atoms with Gasteiger partial charge in [0.15, 0.2) is 0 Å². The third kappa shape index (κ3) is 4.19. The molecule has 0 heterocycles. The van der Waals surface area contributed by atoms with Crippen LogP contribution in [0.2, 0.25) is 0 Å². The van der Waals surface area contributed by atoms with Crippen molar-refractivity contribution in [1.29, 1.82) is 0 Å². The first kappa shape index (κ1) is 15.8. The molecule has 114 valence electrons. The summed E-state index contributed by atoms with van der Waals surface area (Å²) in [6.07, 6.45) is 0.392. The minimum atomic E-state index is -1.05. The Kier molecular flexibility index (Phi) is 4.94. The first-order valence-electron chi connectivity index (χ1n) is 7.10. The monoisotopic (exact) mass is 297 g/mol. The quantitative estimate of drug-likeness (QED) is 0.806. The lowest BCUT2D eigenvalue weighted by atomic mass is 10.0. The van der Waals surface area contributed by atoms with E-state index in [9.17, 15) is 9.59 Å². The molecule has 2 aromatic rings. The van der Waals surface area contributed by atoms with E-state index < -0.39 is 12.0 Å². The van der Waals surface area contributed by atoms with Crippen LogP contribution in [0.3, 0.4) is 0 Å². The Morgan fingerprint density at radius 3 is 2.50 bits per heavy atom. The van der Waals surface area contributed by atoms with Gasteiger partial charge in [-0.25, -0.2) is 4.79 Å². The van der Waals surface area contributed by atoms with Crippen molar-refractivity contribution in [1.82, 2.24) is 5.32 Å². The molecule has 2 N–H and O–H groups in total. The second kappa shape index (κ2) is 6.89. The summed E-state index contributed by atoms with van der Waals surface area (Å²) in [6, 6.07) is 12.8. The van der Waals surface area contributed by atoms with Gasteiger partial charge >= 0.3 is 5.97 Å². The predicted octanol–water partition coefficient (Wildman–Crippen LogP) is 2.92. The molecule has 0 saturated carbocycles. The first-order valence-corrected chi connectivity index (χ1v) is 7.10. The highest BCUT2D eigenvalue weighted by Gasteiger charge is 2.19. The van der Waals surface area contributed by atoms with Gasteiger partial charge in [-0.05, 0) is 29.7 Å². The highest BCUT2D eigenvalue weighted by Crippen LogP contribution is 2.16. The van der Waals surface area contributed by atoms with Gasteiger partial charge < -0.3 is 10.4 Å². The van der Waals surface area contributed by atoms with Crippen molar-refractivity contribution >= 4 is 22.6 Å². The molecule has 0 aliphatic carbocycles. The van der Waals surface area contributed by atoms with Gasteiger partial charge in [-0.3, -0.25) is 4.79 Å². The molecule has 0 radical (unpaired) electrons. The summed E-state index contributed by atoms with van der Waals surface area (Å²) >= 11 is 0. The minimum absolute atomic E-state index is 0.158. The Balaban J connectivity index is 2.06. The number of hydrogen-bond acceptors (Lipinski definition) is 2. The lowest BCUT2D eigenvalue weighted by molar-refractivity contribution is -0.141. The van der Waals surface area contributed by atoms with Crippen LogP contribution in [0.1, 0.15) is 18.9 Å². The van der Waals surface area contributed by atoms with Gasteiger partial charge in [0.1, 0.15) is 6.04 Å². The first-order chi connectivity index (χ1) is 10.5. The lowest BCUT2D eigenvalue weighted by Crippen LogP contribution is -2.41. The molecular formula is C18H19NO3. The third-order valence-corrected chi connectivity index (χ3v) is 3.36. The van der Waals surface area contributed by atoms with Crippen LogP contribution < -0.4 is 5.32 Å². The predicted molar refractivity (Wildman–Crippen MR) is 86.6 cm³/mol. The van der Waals surface area contributed by atoms with Crippen molar-refractivity contribution in [3.8, 4) is 0 Å². The van der Waals surface area contributed by atoms with Gasteiger partial charge in [0.05, 0.1) is 6.42 Å². The van der Waals surface area contributed by atoms with Crippen LogP contribution in [0.25, 0.3) is 10.8 Å². The molecule has 0 aliphatic rings. The van der Waals surface area contributed by atoms with Crippen molar-refractivity contribution in [3.05, 3.63) is 60.2 Å². The molecule has 0 unspecified atom stereocenters. The van der Waals surface area contributed by atoms with Crippen molar-refractivity contribution in [2.75, 3.05) is 0 Å². The fraction of sp³-hybridized carbons (Fsp3) is 0.222. The number of hydrogen-bond donors (Lipinski definition) is 2. The summed E-state index contributed by atoms with van der Waals surface area (Å²) in [6.45, 7) is 5.43. The summed E-state index contributed by atoms with van der Waals surface area (Å²) < 4.78 is 0. The minimum Gasteiger partial charge on any atom is -0.480 e. The second-order valence-corrected chi connectivity index (χ2v) is 5.48. The van der Waals surface area contributed by atoms with E-state index >= 15 is 0 Å². The average molecular weight is 297 g/mol. The number of carboxylic acids is 1. The molecule has 4 nitrogen and oxygen atoms in total. The number of carbonyl (C=O) groups is 2. The van der Waals surface area contributed by atoms with Crippen LogP contribution in [-0.2, 0) is 16.0 Å². The molecule has 1 amide bonds. The number of carbonyl (C=O) groups excluding carboxylic acids is 1. The van der Waals surface area contributed by atoms with Crippen LogP contribution in [-0.4, -0.2) is 23.0 Å². The van der Waals surface area contributed by atoms with Gasteiger partial charge in [-0.15, -0.1) is 6.58 Å². The highest BCUT2D eigenvalue weighted by atomic mass is 16.4. The molecule has 0 bridgehead atoms. The molecule has 2 rings (SSSR count). The van der Waals surface area contributed by atoms with Gasteiger partial charge in [0.25, 0.3) is 0 Å². The third-order valence-electron chi connectivity index (χ3n) is 3.36. The Bertz CT molecular complexity index is 721. The second-order valence-electron chi connectivity index (χ2n) is 5.48. The van der Waals surface area contributed by atoms with Gasteiger partial charge in [-0.1, -0.05) is 48.0 Å². The summed E-state index contributed by atoms with van der Waals surface area (Å²) in [5, 5.41) is 13.8. The molecule has 4 heteroatoms. The molecule has 0 spiro atoms.